The van der Waals surface area contributed by atoms with Crippen LogP contribution in [0.4, 0.5) is 0 Å². The molecular weight excluding hydrogens is 332 g/mol. The van der Waals surface area contributed by atoms with Gasteiger partial charge in [0.2, 0.25) is 5.91 Å². The minimum atomic E-state index is -0.433. The number of amides is 2. The van der Waals surface area contributed by atoms with E-state index in [0.717, 1.165) is 17.7 Å². The molecule has 0 aromatic heterocycles. The van der Waals surface area contributed by atoms with Gasteiger partial charge in [0.1, 0.15) is 11.5 Å². The number of carbonyl (C=O) groups excluding carboxylic acids is 2. The Balaban J connectivity index is 1.62. The van der Waals surface area contributed by atoms with Crippen LogP contribution in [0.1, 0.15) is 24.5 Å². The zero-order valence-electron chi connectivity index (χ0n) is 15.1. The second-order valence-electron chi connectivity index (χ2n) is 5.75. The largest absolute Gasteiger partial charge is 0.493 e. The van der Waals surface area contributed by atoms with Gasteiger partial charge < -0.3 is 9.47 Å². The average molecular weight is 356 g/mol. The van der Waals surface area contributed by atoms with E-state index >= 15 is 0 Å². The van der Waals surface area contributed by atoms with E-state index in [-0.39, 0.29) is 25.5 Å². The van der Waals surface area contributed by atoms with Crippen LogP contribution >= 0.6 is 0 Å². The summed E-state index contributed by atoms with van der Waals surface area (Å²) in [5, 5.41) is 0. The first-order valence-corrected chi connectivity index (χ1v) is 8.56. The highest BCUT2D eigenvalue weighted by atomic mass is 16.5. The summed E-state index contributed by atoms with van der Waals surface area (Å²) in [6.45, 7) is 4.06. The molecule has 0 heterocycles. The van der Waals surface area contributed by atoms with E-state index in [4.69, 9.17) is 9.47 Å². The highest BCUT2D eigenvalue weighted by molar-refractivity contribution is 5.82. The minimum absolute atomic E-state index is 0.133. The zero-order chi connectivity index (χ0) is 18.8. The summed E-state index contributed by atoms with van der Waals surface area (Å²) in [5.74, 6) is 0.583. The molecule has 0 aliphatic rings. The molecule has 2 rings (SSSR count). The van der Waals surface area contributed by atoms with Crippen molar-refractivity contribution in [3.8, 4) is 11.5 Å². The lowest BCUT2D eigenvalue weighted by Gasteiger charge is -2.10. The van der Waals surface area contributed by atoms with Crippen LogP contribution < -0.4 is 20.3 Å². The summed E-state index contributed by atoms with van der Waals surface area (Å²) in [4.78, 5) is 23.4. The molecule has 0 saturated heterocycles. The van der Waals surface area contributed by atoms with E-state index in [0.29, 0.717) is 5.75 Å². The molecule has 0 aliphatic carbocycles. The van der Waals surface area contributed by atoms with Crippen LogP contribution in [0, 0.1) is 6.92 Å². The maximum Gasteiger partial charge on any atom is 0.276 e. The fourth-order valence-corrected chi connectivity index (χ4v) is 2.18. The number of hydrogen-bond donors (Lipinski definition) is 2. The molecule has 2 aromatic carbocycles. The van der Waals surface area contributed by atoms with Crippen molar-refractivity contribution in [3.05, 3.63) is 59.7 Å². The average Bonchev–Trinajstić information content (AvgIpc) is 2.66. The van der Waals surface area contributed by atoms with Crippen LogP contribution in [0.3, 0.4) is 0 Å². The molecule has 138 valence electrons. The topological polar surface area (TPSA) is 76.7 Å². The molecular formula is C20H24N2O4. The van der Waals surface area contributed by atoms with Crippen molar-refractivity contribution in [1.82, 2.24) is 10.9 Å². The summed E-state index contributed by atoms with van der Waals surface area (Å²) in [6.07, 6.45) is 1.08. The molecule has 6 heteroatoms. The predicted octanol–water partition coefficient (Wildman–Crippen LogP) is 2.55. The maximum absolute atomic E-state index is 11.7. The van der Waals surface area contributed by atoms with E-state index in [2.05, 4.69) is 17.8 Å². The highest BCUT2D eigenvalue weighted by Gasteiger charge is 2.07. The molecule has 2 amide bonds. The molecule has 0 fully saturated rings. The third-order valence-electron chi connectivity index (χ3n) is 3.72. The molecule has 2 aromatic rings. The Labute approximate surface area is 153 Å². The van der Waals surface area contributed by atoms with Crippen molar-refractivity contribution in [2.24, 2.45) is 0 Å². The van der Waals surface area contributed by atoms with Crippen LogP contribution in [0.2, 0.25) is 0 Å². The monoisotopic (exact) mass is 356 g/mol. The molecule has 0 bridgehead atoms. The van der Waals surface area contributed by atoms with Crippen LogP contribution in [0.5, 0.6) is 11.5 Å². The first-order valence-electron chi connectivity index (χ1n) is 8.56. The number of rotatable bonds is 8. The Hall–Kier alpha value is -3.02. The maximum atomic E-state index is 11.7. The third-order valence-corrected chi connectivity index (χ3v) is 3.72. The second kappa shape index (κ2) is 10.1. The minimum Gasteiger partial charge on any atom is -0.493 e. The van der Waals surface area contributed by atoms with Gasteiger partial charge in [-0.05, 0) is 42.7 Å². The van der Waals surface area contributed by atoms with Crippen molar-refractivity contribution in [3.63, 3.8) is 0 Å². The SMILES string of the molecule is CCc1ccc(OCC(=O)NNC(=O)CCOc2ccccc2C)cc1. The first-order chi connectivity index (χ1) is 12.6. The molecule has 2 N–H and O–H groups in total. The number of hydrogen-bond acceptors (Lipinski definition) is 4. The Morgan fingerprint density at radius 1 is 0.923 bits per heavy atom. The fourth-order valence-electron chi connectivity index (χ4n) is 2.18. The number of para-hydroxylation sites is 1. The third kappa shape index (κ3) is 6.47. The lowest BCUT2D eigenvalue weighted by atomic mass is 10.2. The van der Waals surface area contributed by atoms with E-state index in [9.17, 15) is 9.59 Å². The molecule has 0 aliphatic heterocycles. The smallest absolute Gasteiger partial charge is 0.276 e. The van der Waals surface area contributed by atoms with Gasteiger partial charge in [0, 0.05) is 0 Å². The van der Waals surface area contributed by atoms with Crippen molar-refractivity contribution >= 4 is 11.8 Å². The lowest BCUT2D eigenvalue weighted by molar-refractivity contribution is -0.130. The number of carbonyl (C=O) groups is 2. The molecule has 26 heavy (non-hydrogen) atoms. The second-order valence-corrected chi connectivity index (χ2v) is 5.75. The number of benzene rings is 2. The standard InChI is InChI=1S/C20H24N2O4/c1-3-16-8-10-17(11-9-16)26-14-20(24)22-21-19(23)12-13-25-18-7-5-4-6-15(18)2/h4-11H,3,12-14H2,1-2H3,(H,21,23)(H,22,24). The molecule has 0 saturated carbocycles. The Morgan fingerprint density at radius 2 is 1.62 bits per heavy atom. The van der Waals surface area contributed by atoms with Gasteiger partial charge in [0.25, 0.3) is 5.91 Å². The van der Waals surface area contributed by atoms with Gasteiger partial charge in [-0.25, -0.2) is 0 Å². The summed E-state index contributed by atoms with van der Waals surface area (Å²) < 4.78 is 10.9. The van der Waals surface area contributed by atoms with Gasteiger partial charge in [-0.2, -0.15) is 0 Å². The van der Waals surface area contributed by atoms with Crippen LogP contribution in [0.25, 0.3) is 0 Å². The van der Waals surface area contributed by atoms with Crippen molar-refractivity contribution < 1.29 is 19.1 Å². The van der Waals surface area contributed by atoms with Crippen LogP contribution in [-0.2, 0) is 16.0 Å². The van der Waals surface area contributed by atoms with Crippen LogP contribution in [-0.4, -0.2) is 25.0 Å². The Bertz CT molecular complexity index is 729. The summed E-state index contributed by atoms with van der Waals surface area (Å²) in [6, 6.07) is 15.1. The van der Waals surface area contributed by atoms with Gasteiger partial charge in [-0.3, -0.25) is 20.4 Å². The lowest BCUT2D eigenvalue weighted by Crippen LogP contribution is -2.44. The Kier molecular flexibility index (Phi) is 7.49. The van der Waals surface area contributed by atoms with E-state index in [1.165, 1.54) is 5.56 Å². The number of ether oxygens (including phenoxy) is 2. The number of hydrazine groups is 1. The number of aryl methyl sites for hydroxylation is 2. The Morgan fingerprint density at radius 3 is 2.31 bits per heavy atom. The van der Waals surface area contributed by atoms with Gasteiger partial charge in [-0.1, -0.05) is 37.3 Å². The molecule has 0 radical (unpaired) electrons. The summed E-state index contributed by atoms with van der Waals surface area (Å²) in [7, 11) is 0. The number of nitrogens with one attached hydrogen (secondary N) is 2. The van der Waals surface area contributed by atoms with E-state index < -0.39 is 5.91 Å². The first kappa shape index (κ1) is 19.3. The van der Waals surface area contributed by atoms with Crippen molar-refractivity contribution in [1.29, 1.82) is 0 Å². The van der Waals surface area contributed by atoms with Gasteiger partial charge in [0.05, 0.1) is 13.0 Å². The molecule has 0 spiro atoms. The summed E-state index contributed by atoms with van der Waals surface area (Å²) >= 11 is 0. The molecule has 6 nitrogen and oxygen atoms in total. The quantitative estimate of drug-likeness (QED) is 0.713. The van der Waals surface area contributed by atoms with Gasteiger partial charge in [0.15, 0.2) is 6.61 Å². The van der Waals surface area contributed by atoms with E-state index in [1.807, 2.05) is 55.5 Å². The van der Waals surface area contributed by atoms with Gasteiger partial charge in [-0.15, -0.1) is 0 Å². The van der Waals surface area contributed by atoms with E-state index in [1.54, 1.807) is 0 Å². The highest BCUT2D eigenvalue weighted by Crippen LogP contribution is 2.16. The van der Waals surface area contributed by atoms with Crippen molar-refractivity contribution in [2.45, 2.75) is 26.7 Å². The summed E-state index contributed by atoms with van der Waals surface area (Å²) in [5.41, 5.74) is 6.86. The fraction of sp³-hybridized carbons (Fsp3) is 0.300. The normalized spacial score (nSPS) is 10.1. The molecule has 0 unspecified atom stereocenters. The van der Waals surface area contributed by atoms with Gasteiger partial charge >= 0.3 is 0 Å². The molecule has 0 atom stereocenters. The van der Waals surface area contributed by atoms with Crippen LogP contribution in [0.15, 0.2) is 48.5 Å². The van der Waals surface area contributed by atoms with Crippen molar-refractivity contribution in [2.75, 3.05) is 13.2 Å². The zero-order valence-corrected chi connectivity index (χ0v) is 15.1. The predicted molar refractivity (Wildman–Crippen MR) is 98.9 cm³/mol.